The van der Waals surface area contributed by atoms with Gasteiger partial charge in [0.2, 0.25) is 0 Å². The summed E-state index contributed by atoms with van der Waals surface area (Å²) in [4.78, 5) is 13.4. The Hall–Kier alpha value is -2.00. The van der Waals surface area contributed by atoms with Crippen molar-refractivity contribution in [3.05, 3.63) is 60.3 Å². The van der Waals surface area contributed by atoms with Crippen molar-refractivity contribution in [3.63, 3.8) is 0 Å². The summed E-state index contributed by atoms with van der Waals surface area (Å²) in [7, 11) is -4.39. The topological polar surface area (TPSA) is 63.2 Å². The van der Waals surface area contributed by atoms with Crippen molar-refractivity contribution in [2.24, 2.45) is 5.92 Å². The fraction of sp³-hybridized carbons (Fsp3) is 0.690. The van der Waals surface area contributed by atoms with Crippen LogP contribution in [0.25, 0.3) is 0 Å². The molecule has 8 heteroatoms. The SMILES string of the molecule is C=C1CC(C)CC2CC=CC(CC#CC(=O)OC(C(/C=C/C3CC(C)=CCO3)O[Si](C)(C)C(C)(C)C)C/C=C\C(O[Si](C)(C)C(C)(C)C)C1)O2. The van der Waals surface area contributed by atoms with Gasteiger partial charge in [-0.2, -0.15) is 0 Å². The van der Waals surface area contributed by atoms with E-state index in [9.17, 15) is 4.79 Å². The molecule has 50 heavy (non-hydrogen) atoms. The number of carbonyl (C=O) groups excluding carboxylic acids is 1. The molecule has 0 N–H and O–H groups in total. The first-order valence-electron chi connectivity index (χ1n) is 18.8. The summed E-state index contributed by atoms with van der Waals surface area (Å²) in [5.74, 6) is 5.70. The molecular formula is C42H68O6Si2. The van der Waals surface area contributed by atoms with Crippen LogP contribution >= 0.6 is 0 Å². The second-order valence-corrected chi connectivity index (χ2v) is 27.4. The molecule has 6 nitrogen and oxygen atoms in total. The van der Waals surface area contributed by atoms with Crippen LogP contribution in [0.5, 0.6) is 0 Å². The van der Waals surface area contributed by atoms with Crippen molar-refractivity contribution in [1.82, 2.24) is 0 Å². The average molecular weight is 725 g/mol. The summed E-state index contributed by atoms with van der Waals surface area (Å²) in [6.07, 6.45) is 18.7. The minimum absolute atomic E-state index is 0.0418. The molecule has 0 spiro atoms. The first-order chi connectivity index (χ1) is 23.1. The Morgan fingerprint density at radius 2 is 1.66 bits per heavy atom. The van der Waals surface area contributed by atoms with Crippen LogP contribution in [0.2, 0.25) is 36.3 Å². The summed E-state index contributed by atoms with van der Waals surface area (Å²) < 4.78 is 32.7. The summed E-state index contributed by atoms with van der Waals surface area (Å²) in [5, 5.41) is 0.0160. The van der Waals surface area contributed by atoms with Crippen LogP contribution in [0.15, 0.2) is 60.3 Å². The van der Waals surface area contributed by atoms with E-state index in [-0.39, 0.29) is 34.5 Å². The number of hydrogen-bond donors (Lipinski definition) is 0. The molecule has 0 amide bonds. The van der Waals surface area contributed by atoms with Crippen molar-refractivity contribution in [1.29, 1.82) is 0 Å². The molecule has 0 saturated heterocycles. The highest BCUT2D eigenvalue weighted by Gasteiger charge is 2.41. The van der Waals surface area contributed by atoms with Crippen LogP contribution in [-0.2, 0) is 27.9 Å². The Kier molecular flexibility index (Phi) is 15.4. The molecule has 3 aliphatic rings. The Labute approximate surface area is 307 Å². The molecule has 3 rings (SSSR count). The lowest BCUT2D eigenvalue weighted by Gasteiger charge is -2.40. The minimum atomic E-state index is -2.29. The molecule has 7 atom stereocenters. The van der Waals surface area contributed by atoms with E-state index in [0.717, 1.165) is 32.1 Å². The molecular weight excluding hydrogens is 657 g/mol. The van der Waals surface area contributed by atoms with E-state index in [1.807, 2.05) is 0 Å². The maximum absolute atomic E-state index is 13.4. The van der Waals surface area contributed by atoms with Crippen LogP contribution in [0.1, 0.15) is 100 Å². The molecule has 0 aromatic carbocycles. The zero-order valence-corrected chi connectivity index (χ0v) is 35.4. The smallest absolute Gasteiger partial charge is 0.384 e. The third-order valence-electron chi connectivity index (χ3n) is 11.0. The van der Waals surface area contributed by atoms with E-state index in [4.69, 9.17) is 23.1 Å². The van der Waals surface area contributed by atoms with Crippen LogP contribution in [0, 0.1) is 17.8 Å². The van der Waals surface area contributed by atoms with E-state index in [2.05, 4.69) is 143 Å². The Bertz CT molecular complexity index is 1330. The van der Waals surface area contributed by atoms with Gasteiger partial charge in [-0.3, -0.25) is 0 Å². The van der Waals surface area contributed by atoms with Crippen molar-refractivity contribution in [3.8, 4) is 11.8 Å². The number of esters is 1. The van der Waals surface area contributed by atoms with E-state index in [0.29, 0.717) is 25.4 Å². The maximum Gasteiger partial charge on any atom is 0.384 e. The van der Waals surface area contributed by atoms with Crippen LogP contribution in [0.3, 0.4) is 0 Å². The van der Waals surface area contributed by atoms with Crippen molar-refractivity contribution >= 4 is 22.6 Å². The van der Waals surface area contributed by atoms with Gasteiger partial charge in [0.25, 0.3) is 0 Å². The highest BCUT2D eigenvalue weighted by atomic mass is 28.4. The van der Waals surface area contributed by atoms with Gasteiger partial charge in [0.1, 0.15) is 12.2 Å². The number of rotatable bonds is 7. The number of fused-ring (bicyclic) bond motifs is 2. The lowest BCUT2D eigenvalue weighted by Crippen LogP contribution is -2.47. The highest BCUT2D eigenvalue weighted by molar-refractivity contribution is 6.74. The van der Waals surface area contributed by atoms with Crippen molar-refractivity contribution in [2.75, 3.05) is 6.61 Å². The summed E-state index contributed by atoms with van der Waals surface area (Å²) in [6, 6.07) is 0. The predicted octanol–water partition coefficient (Wildman–Crippen LogP) is 10.4. The van der Waals surface area contributed by atoms with Crippen molar-refractivity contribution < 1.29 is 27.9 Å². The fourth-order valence-electron chi connectivity index (χ4n) is 5.99. The average Bonchev–Trinajstić information content (AvgIpc) is 2.97. The van der Waals surface area contributed by atoms with Gasteiger partial charge in [0.05, 0.1) is 31.0 Å². The first kappa shape index (κ1) is 42.4. The first-order valence-corrected chi connectivity index (χ1v) is 24.6. The number of ether oxygens (including phenoxy) is 3. The Morgan fingerprint density at radius 3 is 2.32 bits per heavy atom. The second-order valence-electron chi connectivity index (χ2n) is 17.8. The van der Waals surface area contributed by atoms with E-state index >= 15 is 0 Å². The third-order valence-corrected chi connectivity index (χ3v) is 20.0. The second kappa shape index (κ2) is 18.2. The summed E-state index contributed by atoms with van der Waals surface area (Å²) in [5.41, 5.74) is 2.49. The number of carbonyl (C=O) groups is 1. The minimum Gasteiger partial charge on any atom is -0.449 e. The number of hydrogen-bond acceptors (Lipinski definition) is 6. The van der Waals surface area contributed by atoms with Gasteiger partial charge < -0.3 is 23.1 Å². The fourth-order valence-corrected chi connectivity index (χ4v) is 8.52. The van der Waals surface area contributed by atoms with Crippen LogP contribution < -0.4 is 0 Å². The monoisotopic (exact) mass is 724 g/mol. The molecule has 0 radical (unpaired) electrons. The largest absolute Gasteiger partial charge is 0.449 e. The van der Waals surface area contributed by atoms with Gasteiger partial charge in [0, 0.05) is 18.8 Å². The van der Waals surface area contributed by atoms with E-state index in [1.165, 1.54) is 11.1 Å². The lowest BCUT2D eigenvalue weighted by atomic mass is 9.91. The zero-order chi connectivity index (χ0) is 37.3. The Morgan fingerprint density at radius 1 is 0.980 bits per heavy atom. The van der Waals surface area contributed by atoms with Gasteiger partial charge >= 0.3 is 5.97 Å². The van der Waals surface area contributed by atoms with Gasteiger partial charge in [-0.1, -0.05) is 115 Å². The molecule has 0 saturated carbocycles. The third kappa shape index (κ3) is 13.5. The summed E-state index contributed by atoms with van der Waals surface area (Å²) in [6.45, 7) is 32.1. The quantitative estimate of drug-likeness (QED) is 0.0856. The van der Waals surface area contributed by atoms with Gasteiger partial charge in [0.15, 0.2) is 16.6 Å². The molecule has 0 aliphatic carbocycles. The lowest BCUT2D eigenvalue weighted by molar-refractivity contribution is -0.145. The van der Waals surface area contributed by atoms with Crippen LogP contribution in [0.4, 0.5) is 0 Å². The van der Waals surface area contributed by atoms with E-state index in [1.54, 1.807) is 0 Å². The Balaban J connectivity index is 2.03. The van der Waals surface area contributed by atoms with E-state index < -0.39 is 34.8 Å². The molecule has 3 aliphatic heterocycles. The normalized spacial score (nSPS) is 29.6. The molecule has 0 aromatic rings. The zero-order valence-electron chi connectivity index (χ0n) is 33.4. The van der Waals surface area contributed by atoms with Gasteiger partial charge in [-0.15, -0.1) is 0 Å². The molecule has 0 fully saturated rings. The molecule has 0 aromatic heterocycles. The van der Waals surface area contributed by atoms with Gasteiger partial charge in [-0.25, -0.2) is 4.79 Å². The van der Waals surface area contributed by atoms with Crippen LogP contribution in [-0.4, -0.2) is 65.8 Å². The maximum atomic E-state index is 13.4. The predicted molar refractivity (Wildman–Crippen MR) is 212 cm³/mol. The highest BCUT2D eigenvalue weighted by Crippen LogP contribution is 2.40. The summed E-state index contributed by atoms with van der Waals surface area (Å²) >= 11 is 0. The van der Waals surface area contributed by atoms with Crippen molar-refractivity contribution in [2.45, 2.75) is 173 Å². The standard InChI is InChI=1S/C42H68O6Si2/c1-31-25-26-44-35(28-31)23-24-39(48-50(12,13)42(7,8)9)38-21-15-20-37(47-49(10,11)41(4,5)6)30-33(3)27-32(2)29-36-19-14-17-34(45-36)18-16-22-40(43)46-38/h14-15,17,20,23-25,32,34-39H,3,18-19,21,26-30H2,1-2,4-13H3/b20-15-,24-23+. The van der Waals surface area contributed by atoms with Gasteiger partial charge in [-0.05, 0) is 81.2 Å². The molecule has 3 heterocycles. The number of cyclic esters (lactones) is 1. The molecule has 280 valence electrons. The molecule has 2 bridgehead atoms. The molecule has 7 unspecified atom stereocenters.